The van der Waals surface area contributed by atoms with E-state index in [0.717, 1.165) is 22.4 Å². The SMILES string of the molecule is C/C=C\c1ccc(C[C@H](C)[C@H](OC(C)=O)c2ccc(OC)c(OC)c2)c(OC)c1. The Morgan fingerprint density at radius 3 is 2.24 bits per heavy atom. The molecule has 0 bridgehead atoms. The van der Waals surface area contributed by atoms with Crippen LogP contribution in [-0.4, -0.2) is 27.3 Å². The molecule has 2 aromatic carbocycles. The number of ether oxygens (including phenoxy) is 4. The van der Waals surface area contributed by atoms with Gasteiger partial charge in [0.1, 0.15) is 11.9 Å². The predicted octanol–water partition coefficient (Wildman–Crippen LogP) is 5.23. The molecule has 0 amide bonds. The molecular formula is C24H30O5. The Kier molecular flexibility index (Phi) is 8.13. The lowest BCUT2D eigenvalue weighted by atomic mass is 9.90. The molecule has 0 saturated heterocycles. The Morgan fingerprint density at radius 2 is 1.66 bits per heavy atom. The van der Waals surface area contributed by atoms with Gasteiger partial charge >= 0.3 is 5.97 Å². The summed E-state index contributed by atoms with van der Waals surface area (Å²) in [4.78, 5) is 11.8. The van der Waals surface area contributed by atoms with Crippen LogP contribution in [0.3, 0.4) is 0 Å². The lowest BCUT2D eigenvalue weighted by Crippen LogP contribution is -2.19. The molecule has 0 aliphatic heterocycles. The topological polar surface area (TPSA) is 54.0 Å². The highest BCUT2D eigenvalue weighted by Crippen LogP contribution is 2.36. The quantitative estimate of drug-likeness (QED) is 0.542. The van der Waals surface area contributed by atoms with Crippen LogP contribution >= 0.6 is 0 Å². The molecule has 2 aromatic rings. The van der Waals surface area contributed by atoms with Gasteiger partial charge in [-0.25, -0.2) is 0 Å². The summed E-state index contributed by atoms with van der Waals surface area (Å²) < 4.78 is 22.0. The Labute approximate surface area is 173 Å². The Hall–Kier alpha value is -2.95. The van der Waals surface area contributed by atoms with Gasteiger partial charge in [0.15, 0.2) is 11.5 Å². The highest BCUT2D eigenvalue weighted by molar-refractivity contribution is 5.66. The third-order valence-electron chi connectivity index (χ3n) is 4.76. The number of hydrogen-bond donors (Lipinski definition) is 0. The lowest BCUT2D eigenvalue weighted by Gasteiger charge is -2.25. The molecule has 5 heteroatoms. The van der Waals surface area contributed by atoms with Crippen LogP contribution in [0.4, 0.5) is 0 Å². The van der Waals surface area contributed by atoms with Gasteiger partial charge in [0.25, 0.3) is 0 Å². The maximum absolute atomic E-state index is 11.8. The van der Waals surface area contributed by atoms with Crippen LogP contribution in [-0.2, 0) is 16.0 Å². The van der Waals surface area contributed by atoms with Crippen molar-refractivity contribution >= 4 is 12.0 Å². The van der Waals surface area contributed by atoms with Gasteiger partial charge in [-0.3, -0.25) is 4.79 Å². The van der Waals surface area contributed by atoms with E-state index in [1.54, 1.807) is 21.3 Å². The molecule has 0 aromatic heterocycles. The van der Waals surface area contributed by atoms with E-state index in [2.05, 4.69) is 19.1 Å². The molecule has 5 nitrogen and oxygen atoms in total. The number of carbonyl (C=O) groups excluding carboxylic acids is 1. The van der Waals surface area contributed by atoms with Gasteiger partial charge < -0.3 is 18.9 Å². The molecule has 0 saturated carbocycles. The monoisotopic (exact) mass is 398 g/mol. The molecule has 0 fully saturated rings. The Bertz CT molecular complexity index is 856. The molecular weight excluding hydrogens is 368 g/mol. The van der Waals surface area contributed by atoms with Gasteiger partial charge in [0.05, 0.1) is 21.3 Å². The zero-order valence-corrected chi connectivity index (χ0v) is 18.0. The number of esters is 1. The van der Waals surface area contributed by atoms with Crippen molar-refractivity contribution in [1.82, 2.24) is 0 Å². The average molecular weight is 398 g/mol. The van der Waals surface area contributed by atoms with Crippen molar-refractivity contribution in [2.75, 3.05) is 21.3 Å². The third-order valence-corrected chi connectivity index (χ3v) is 4.76. The zero-order valence-electron chi connectivity index (χ0n) is 18.0. The van der Waals surface area contributed by atoms with Crippen molar-refractivity contribution < 1.29 is 23.7 Å². The molecule has 0 spiro atoms. The fourth-order valence-corrected chi connectivity index (χ4v) is 3.40. The number of hydrogen-bond acceptors (Lipinski definition) is 5. The van der Waals surface area contributed by atoms with E-state index < -0.39 is 6.10 Å². The Morgan fingerprint density at radius 1 is 0.966 bits per heavy atom. The van der Waals surface area contributed by atoms with Gasteiger partial charge in [-0.05, 0) is 48.2 Å². The van der Waals surface area contributed by atoms with E-state index in [1.807, 2.05) is 43.3 Å². The third kappa shape index (κ3) is 5.76. The summed E-state index contributed by atoms with van der Waals surface area (Å²) in [7, 11) is 4.84. The minimum absolute atomic E-state index is 0.0125. The minimum atomic E-state index is -0.424. The van der Waals surface area contributed by atoms with E-state index in [-0.39, 0.29) is 11.9 Å². The predicted molar refractivity (Wildman–Crippen MR) is 115 cm³/mol. The first-order chi connectivity index (χ1) is 13.9. The van der Waals surface area contributed by atoms with Gasteiger partial charge in [-0.2, -0.15) is 0 Å². The van der Waals surface area contributed by atoms with Crippen molar-refractivity contribution in [2.24, 2.45) is 5.92 Å². The average Bonchev–Trinajstić information content (AvgIpc) is 2.72. The first kappa shape index (κ1) is 22.3. The van der Waals surface area contributed by atoms with Crippen LogP contribution in [0.5, 0.6) is 17.2 Å². The van der Waals surface area contributed by atoms with Crippen LogP contribution in [0.2, 0.25) is 0 Å². The van der Waals surface area contributed by atoms with Crippen LogP contribution < -0.4 is 14.2 Å². The van der Waals surface area contributed by atoms with Crippen LogP contribution in [0.25, 0.3) is 6.08 Å². The zero-order chi connectivity index (χ0) is 21.4. The van der Waals surface area contributed by atoms with Crippen molar-refractivity contribution in [3.63, 3.8) is 0 Å². The second-order valence-corrected chi connectivity index (χ2v) is 6.90. The van der Waals surface area contributed by atoms with E-state index in [4.69, 9.17) is 18.9 Å². The molecule has 0 N–H and O–H groups in total. The summed E-state index contributed by atoms with van der Waals surface area (Å²) in [5, 5.41) is 0. The molecule has 0 aliphatic carbocycles. The smallest absolute Gasteiger partial charge is 0.303 e. The van der Waals surface area contributed by atoms with E-state index in [9.17, 15) is 4.79 Å². The van der Waals surface area contributed by atoms with Crippen molar-refractivity contribution in [3.05, 3.63) is 59.2 Å². The second-order valence-electron chi connectivity index (χ2n) is 6.90. The van der Waals surface area contributed by atoms with Crippen LogP contribution in [0.15, 0.2) is 42.5 Å². The standard InChI is InChI=1S/C24H30O5/c1-7-8-18-9-10-19(22(14-18)27-5)13-16(2)24(29-17(3)25)20-11-12-21(26-4)23(15-20)28-6/h7-12,14-16,24H,13H2,1-6H3/b8-7-/t16-,24-/m0/s1. The fraction of sp³-hybridized carbons (Fsp3) is 0.375. The van der Waals surface area contributed by atoms with Crippen molar-refractivity contribution in [2.45, 2.75) is 33.3 Å². The molecule has 2 rings (SSSR count). The molecule has 29 heavy (non-hydrogen) atoms. The van der Waals surface area contributed by atoms with Crippen molar-refractivity contribution in [1.29, 1.82) is 0 Å². The normalized spacial score (nSPS) is 13.0. The summed E-state index contributed by atoms with van der Waals surface area (Å²) >= 11 is 0. The van der Waals surface area contributed by atoms with Gasteiger partial charge in [-0.15, -0.1) is 0 Å². The first-order valence-electron chi connectivity index (χ1n) is 9.62. The molecule has 0 aliphatic rings. The molecule has 0 heterocycles. The summed E-state index contributed by atoms with van der Waals surface area (Å²) in [6.45, 7) is 5.46. The van der Waals surface area contributed by atoms with Crippen molar-refractivity contribution in [3.8, 4) is 17.2 Å². The maximum atomic E-state index is 11.8. The molecule has 0 radical (unpaired) electrons. The fourth-order valence-electron chi connectivity index (χ4n) is 3.40. The maximum Gasteiger partial charge on any atom is 0.303 e. The van der Waals surface area contributed by atoms with Gasteiger partial charge in [-0.1, -0.05) is 37.3 Å². The van der Waals surface area contributed by atoms with Crippen LogP contribution in [0, 0.1) is 5.92 Å². The second kappa shape index (κ2) is 10.6. The summed E-state index contributed by atoms with van der Waals surface area (Å²) in [6, 6.07) is 11.7. The lowest BCUT2D eigenvalue weighted by molar-refractivity contribution is -0.149. The molecule has 0 unspecified atom stereocenters. The number of allylic oxidation sites excluding steroid dienone is 1. The minimum Gasteiger partial charge on any atom is -0.496 e. The van der Waals surface area contributed by atoms with E-state index in [1.165, 1.54) is 6.92 Å². The van der Waals surface area contributed by atoms with E-state index in [0.29, 0.717) is 17.9 Å². The molecule has 2 atom stereocenters. The summed E-state index contributed by atoms with van der Waals surface area (Å²) in [5.41, 5.74) is 3.00. The summed E-state index contributed by atoms with van der Waals surface area (Å²) in [6.07, 6.45) is 4.28. The first-order valence-corrected chi connectivity index (χ1v) is 9.62. The number of methoxy groups -OCH3 is 3. The number of rotatable bonds is 9. The largest absolute Gasteiger partial charge is 0.496 e. The highest BCUT2D eigenvalue weighted by Gasteiger charge is 2.25. The number of carbonyl (C=O) groups is 1. The van der Waals surface area contributed by atoms with Gasteiger partial charge in [0.2, 0.25) is 0 Å². The highest BCUT2D eigenvalue weighted by atomic mass is 16.5. The summed E-state index contributed by atoms with van der Waals surface area (Å²) in [5.74, 6) is 1.74. The Balaban J connectivity index is 2.35. The van der Waals surface area contributed by atoms with Crippen LogP contribution in [0.1, 0.15) is 43.6 Å². The van der Waals surface area contributed by atoms with Gasteiger partial charge in [0, 0.05) is 12.8 Å². The van der Waals surface area contributed by atoms with E-state index >= 15 is 0 Å². The molecule has 156 valence electrons. The number of benzene rings is 2.